The Labute approximate surface area is 224 Å². The van der Waals surface area contributed by atoms with Crippen LogP contribution in [0.25, 0.3) is 0 Å². The highest BCUT2D eigenvalue weighted by molar-refractivity contribution is 6.31. The van der Waals surface area contributed by atoms with Gasteiger partial charge in [-0.25, -0.2) is 19.6 Å². The van der Waals surface area contributed by atoms with Gasteiger partial charge in [0.25, 0.3) is 0 Å². The lowest BCUT2D eigenvalue weighted by atomic mass is 10.0. The van der Waals surface area contributed by atoms with E-state index >= 15 is 0 Å². The van der Waals surface area contributed by atoms with Gasteiger partial charge in [0, 0.05) is 17.9 Å². The molecular weight excluding hydrogens is 552 g/mol. The summed E-state index contributed by atoms with van der Waals surface area (Å²) < 4.78 is 44.0. The summed E-state index contributed by atoms with van der Waals surface area (Å²) in [7, 11) is 0. The topological polar surface area (TPSA) is 156 Å². The molecule has 3 aromatic rings. The molecule has 0 spiro atoms. The smallest absolute Gasteiger partial charge is 0.417 e. The first kappa shape index (κ1) is 28.6. The van der Waals surface area contributed by atoms with Gasteiger partial charge in [0.1, 0.15) is 24.7 Å². The molecule has 200 valence electrons. The zero-order valence-corrected chi connectivity index (χ0v) is 20.7. The number of nitrogens with one attached hydrogen (secondary N) is 3. The van der Waals surface area contributed by atoms with Crippen LogP contribution in [0.2, 0.25) is 5.02 Å². The Morgan fingerprint density at radius 2 is 1.71 bits per heavy atom. The number of rotatable bonds is 6. The van der Waals surface area contributed by atoms with Crippen molar-refractivity contribution in [2.45, 2.75) is 12.2 Å². The third-order valence-corrected chi connectivity index (χ3v) is 5.30. The molecule has 0 bridgehead atoms. The maximum absolute atomic E-state index is 13.0. The lowest BCUT2D eigenvalue weighted by Gasteiger charge is -2.13. The highest BCUT2D eigenvalue weighted by atomic mass is 35.5. The number of carbonyl (C=O) groups excluding carboxylic acids is 2. The van der Waals surface area contributed by atoms with Crippen LogP contribution in [0, 0.1) is 0 Å². The van der Waals surface area contributed by atoms with Gasteiger partial charge in [0.2, 0.25) is 0 Å². The maximum atomic E-state index is 13.0. The predicted molar refractivity (Wildman–Crippen MR) is 135 cm³/mol. The van der Waals surface area contributed by atoms with Gasteiger partial charge in [-0.2, -0.15) is 18.3 Å². The van der Waals surface area contributed by atoms with E-state index in [1.807, 2.05) is 0 Å². The first-order valence-electron chi connectivity index (χ1n) is 10.6. The minimum Gasteiger partial charge on any atom is -0.448 e. The van der Waals surface area contributed by atoms with Gasteiger partial charge in [-0.05, 0) is 35.9 Å². The van der Waals surface area contributed by atoms with Crippen LogP contribution in [0.4, 0.5) is 45.6 Å². The van der Waals surface area contributed by atoms with Gasteiger partial charge in [-0.15, -0.1) is 17.5 Å². The van der Waals surface area contributed by atoms with Crippen molar-refractivity contribution in [3.63, 3.8) is 0 Å². The van der Waals surface area contributed by atoms with E-state index in [-0.39, 0.29) is 42.8 Å². The molecule has 38 heavy (non-hydrogen) atoms. The van der Waals surface area contributed by atoms with Crippen molar-refractivity contribution in [1.29, 1.82) is 0 Å². The summed E-state index contributed by atoms with van der Waals surface area (Å²) in [5, 5.41) is 15.1. The summed E-state index contributed by atoms with van der Waals surface area (Å²) in [5.41, 5.74) is 5.94. The van der Waals surface area contributed by atoms with E-state index in [0.717, 1.165) is 12.1 Å². The molecule has 0 saturated heterocycles. The molecule has 1 aromatic heterocycles. The van der Waals surface area contributed by atoms with E-state index in [0.29, 0.717) is 16.9 Å². The first-order valence-corrected chi connectivity index (χ1v) is 11.0. The van der Waals surface area contributed by atoms with Crippen LogP contribution in [0.1, 0.15) is 22.9 Å². The van der Waals surface area contributed by atoms with Gasteiger partial charge in [-0.3, -0.25) is 5.32 Å². The summed E-state index contributed by atoms with van der Waals surface area (Å²) >= 11 is 5.60. The van der Waals surface area contributed by atoms with Crippen molar-refractivity contribution >= 4 is 59.0 Å². The largest absolute Gasteiger partial charge is 0.448 e. The second kappa shape index (κ2) is 12.0. The number of halogens is 5. The molecule has 4 rings (SSSR count). The number of hydrogen-bond acceptors (Lipinski definition) is 8. The number of fused-ring (bicyclic) bond motifs is 1. The average Bonchev–Trinajstić information content (AvgIpc) is 3.29. The number of azo groups is 1. The fraction of sp³-hybridized carbons (Fsp3) is 0.182. The minimum absolute atomic E-state index is 0. The van der Waals surface area contributed by atoms with Crippen LogP contribution in [0.3, 0.4) is 0 Å². The Hall–Kier alpha value is -4.01. The highest BCUT2D eigenvalue weighted by Gasteiger charge is 2.33. The average molecular weight is 571 g/mol. The van der Waals surface area contributed by atoms with E-state index < -0.39 is 34.9 Å². The Balaban J connectivity index is 0.00000400. The van der Waals surface area contributed by atoms with Crippen molar-refractivity contribution in [2.75, 3.05) is 29.1 Å². The number of ether oxygens (including phenoxy) is 1. The summed E-state index contributed by atoms with van der Waals surface area (Å²) in [5.74, 6) is 0.129. The van der Waals surface area contributed by atoms with Crippen LogP contribution in [-0.4, -0.2) is 35.2 Å². The zero-order valence-electron chi connectivity index (χ0n) is 19.1. The Morgan fingerprint density at radius 1 is 1.03 bits per heavy atom. The molecule has 11 nitrogen and oxygen atoms in total. The molecule has 0 aliphatic carbocycles. The molecule has 0 fully saturated rings. The Bertz CT molecular complexity index is 1360. The SMILES string of the molecule is Cl.NCCOC(=O)Nc1ncnc2c1N=NC2c1ccc(NC(=O)Nc2ccc(Cl)c(C(F)(F)F)c2)cc1. The highest BCUT2D eigenvalue weighted by Crippen LogP contribution is 2.42. The summed E-state index contributed by atoms with van der Waals surface area (Å²) in [6.45, 7) is 0.208. The van der Waals surface area contributed by atoms with E-state index in [1.165, 1.54) is 12.4 Å². The number of carbonyl (C=O) groups is 2. The molecule has 5 N–H and O–H groups in total. The number of amides is 3. The molecular formula is C22H19Cl2F3N8O3. The van der Waals surface area contributed by atoms with Crippen molar-refractivity contribution in [3.8, 4) is 0 Å². The molecule has 1 aliphatic rings. The molecule has 2 aromatic carbocycles. The maximum Gasteiger partial charge on any atom is 0.417 e. The van der Waals surface area contributed by atoms with Gasteiger partial charge in [0.15, 0.2) is 11.5 Å². The van der Waals surface area contributed by atoms with Crippen LogP contribution in [0.5, 0.6) is 0 Å². The molecule has 16 heteroatoms. The summed E-state index contributed by atoms with van der Waals surface area (Å²) in [6.07, 6.45) is -4.15. The number of hydrogen-bond donors (Lipinski definition) is 4. The molecule has 1 aliphatic heterocycles. The van der Waals surface area contributed by atoms with Crippen molar-refractivity contribution in [2.24, 2.45) is 16.0 Å². The molecule has 0 radical (unpaired) electrons. The van der Waals surface area contributed by atoms with Crippen molar-refractivity contribution in [3.05, 3.63) is 70.6 Å². The number of nitrogens with two attached hydrogens (primary N) is 1. The Morgan fingerprint density at radius 3 is 2.39 bits per heavy atom. The number of alkyl halides is 3. The van der Waals surface area contributed by atoms with Gasteiger partial charge in [0.05, 0.1) is 10.6 Å². The summed E-state index contributed by atoms with van der Waals surface area (Å²) in [6, 6.07) is 8.21. The van der Waals surface area contributed by atoms with Crippen LogP contribution in [0.15, 0.2) is 59.0 Å². The third kappa shape index (κ3) is 6.65. The lowest BCUT2D eigenvalue weighted by Crippen LogP contribution is -2.20. The normalized spacial score (nSPS) is 13.8. The fourth-order valence-corrected chi connectivity index (χ4v) is 3.55. The standard InChI is InChI=1S/C22H18ClF3N8O3.ClH/c23-15-6-5-13(9-14(15)22(24,25)26)31-20(35)30-12-3-1-11(2-4-12)16-17-18(34-33-16)19(29-10-28-17)32-21(36)37-8-7-27;/h1-6,9-10,16H,7-8,27H2,(H2,30,31,35)(H,28,29,32,36);1H. The molecule has 1 atom stereocenters. The van der Waals surface area contributed by atoms with Crippen molar-refractivity contribution in [1.82, 2.24) is 9.97 Å². The number of benzene rings is 2. The van der Waals surface area contributed by atoms with E-state index in [4.69, 9.17) is 22.1 Å². The third-order valence-electron chi connectivity index (χ3n) is 4.97. The van der Waals surface area contributed by atoms with E-state index in [1.54, 1.807) is 24.3 Å². The molecule has 2 heterocycles. The molecule has 3 amide bonds. The van der Waals surface area contributed by atoms with Crippen LogP contribution in [-0.2, 0) is 10.9 Å². The van der Waals surface area contributed by atoms with Crippen LogP contribution < -0.4 is 21.7 Å². The van der Waals surface area contributed by atoms with Gasteiger partial charge >= 0.3 is 18.3 Å². The summed E-state index contributed by atoms with van der Waals surface area (Å²) in [4.78, 5) is 32.3. The number of urea groups is 1. The second-order valence-corrected chi connectivity index (χ2v) is 7.92. The van der Waals surface area contributed by atoms with E-state index in [9.17, 15) is 22.8 Å². The van der Waals surface area contributed by atoms with Crippen LogP contribution >= 0.6 is 24.0 Å². The van der Waals surface area contributed by atoms with Crippen molar-refractivity contribution < 1.29 is 27.5 Å². The lowest BCUT2D eigenvalue weighted by molar-refractivity contribution is -0.137. The fourth-order valence-electron chi connectivity index (χ4n) is 3.32. The van der Waals surface area contributed by atoms with Gasteiger partial charge in [-0.1, -0.05) is 23.7 Å². The minimum atomic E-state index is -4.66. The number of anilines is 3. The van der Waals surface area contributed by atoms with Gasteiger partial charge < -0.3 is 21.1 Å². The zero-order chi connectivity index (χ0) is 26.6. The quantitative estimate of drug-likeness (QED) is 0.288. The second-order valence-electron chi connectivity index (χ2n) is 7.52. The Kier molecular flexibility index (Phi) is 9.04. The number of nitrogens with zero attached hydrogens (tertiary/aromatic N) is 4. The molecule has 0 saturated carbocycles. The predicted octanol–water partition coefficient (Wildman–Crippen LogP) is 5.91. The molecule has 1 unspecified atom stereocenters. The first-order chi connectivity index (χ1) is 17.7. The monoisotopic (exact) mass is 570 g/mol. The number of aromatic nitrogens is 2. The van der Waals surface area contributed by atoms with E-state index in [2.05, 4.69) is 36.1 Å².